The first kappa shape index (κ1) is 30.9. The predicted octanol–water partition coefficient (Wildman–Crippen LogP) is 12.5. The number of benzene rings is 5. The lowest BCUT2D eigenvalue weighted by Crippen LogP contribution is -1.94. The van der Waals surface area contributed by atoms with Gasteiger partial charge in [-0.25, -0.2) is 0 Å². The van der Waals surface area contributed by atoms with Crippen LogP contribution >= 0.6 is 15.9 Å². The van der Waals surface area contributed by atoms with Crippen LogP contribution < -0.4 is 0 Å². The molecule has 0 unspecified atom stereocenters. The summed E-state index contributed by atoms with van der Waals surface area (Å²) in [5.41, 5.74) is 15.8. The third-order valence-corrected chi connectivity index (χ3v) is 8.77. The lowest BCUT2D eigenvalue weighted by molar-refractivity contribution is 1.28. The van der Waals surface area contributed by atoms with Gasteiger partial charge in [-0.15, -0.1) is 0 Å². The van der Waals surface area contributed by atoms with Crippen molar-refractivity contribution >= 4 is 15.9 Å². The van der Waals surface area contributed by atoms with Crippen LogP contribution in [0.25, 0.3) is 67.0 Å². The number of hydrogen-bond donors (Lipinski definition) is 0. The highest BCUT2D eigenvalue weighted by Crippen LogP contribution is 2.40. The van der Waals surface area contributed by atoms with Gasteiger partial charge in [0, 0.05) is 39.1 Å². The normalized spacial score (nSPS) is 10.8. The second-order valence-electron chi connectivity index (χ2n) is 11.3. The Balaban J connectivity index is 0.00000372. The number of aromatic nitrogens is 2. The van der Waals surface area contributed by atoms with Gasteiger partial charge in [-0.1, -0.05) is 133 Å². The van der Waals surface area contributed by atoms with Crippen LogP contribution in [-0.4, -0.2) is 9.97 Å². The quantitative estimate of drug-likeness (QED) is 0.178. The fourth-order valence-corrected chi connectivity index (χ4v) is 6.54. The molecule has 0 aliphatic carbocycles. The van der Waals surface area contributed by atoms with Crippen LogP contribution in [-0.2, 0) is 0 Å². The molecule has 0 radical (unpaired) electrons. The lowest BCUT2D eigenvalue weighted by Gasteiger charge is -2.17. The maximum atomic E-state index is 4.87. The highest BCUT2D eigenvalue weighted by Gasteiger charge is 2.16. The van der Waals surface area contributed by atoms with Crippen LogP contribution in [0.4, 0.5) is 0 Å². The van der Waals surface area contributed by atoms with Crippen molar-refractivity contribution in [3.8, 4) is 67.0 Å². The molecule has 0 fully saturated rings. The summed E-state index contributed by atoms with van der Waals surface area (Å²) >= 11 is 3.84. The molecule has 0 bridgehead atoms. The summed E-state index contributed by atoms with van der Waals surface area (Å²) < 4.78 is 1.03. The van der Waals surface area contributed by atoms with Gasteiger partial charge in [-0.2, -0.15) is 0 Å². The minimum absolute atomic E-state index is 0. The monoisotopic (exact) mass is 658 g/mol. The van der Waals surface area contributed by atoms with E-state index in [2.05, 4.69) is 157 Å². The van der Waals surface area contributed by atoms with Crippen LogP contribution in [0.3, 0.4) is 0 Å². The Kier molecular flexibility index (Phi) is 9.05. The first-order valence-corrected chi connectivity index (χ1v) is 15.9. The van der Waals surface area contributed by atoms with Crippen LogP contribution in [0, 0.1) is 13.8 Å². The maximum absolute atomic E-state index is 4.87. The number of pyridine rings is 2. The second kappa shape index (κ2) is 13.5. The zero-order chi connectivity index (χ0) is 30.8. The molecule has 2 heterocycles. The molecular weight excluding hydrogens is 624 g/mol. The average Bonchev–Trinajstić information content (AvgIpc) is 3.09. The molecule has 0 amide bonds. The fourth-order valence-electron chi connectivity index (χ4n) is 6.05. The van der Waals surface area contributed by atoms with E-state index in [0.29, 0.717) is 0 Å². The van der Waals surface area contributed by atoms with E-state index in [1.54, 1.807) is 0 Å². The van der Waals surface area contributed by atoms with Crippen molar-refractivity contribution in [2.24, 2.45) is 0 Å². The smallest absolute Gasteiger partial charge is 0.0705 e. The van der Waals surface area contributed by atoms with Crippen molar-refractivity contribution in [1.29, 1.82) is 0 Å². The summed E-state index contributed by atoms with van der Waals surface area (Å²) in [5.74, 6) is 0. The van der Waals surface area contributed by atoms with Gasteiger partial charge >= 0.3 is 0 Å². The molecule has 0 saturated heterocycles. The van der Waals surface area contributed by atoms with Crippen molar-refractivity contribution in [3.05, 3.63) is 168 Å². The molecule has 0 aliphatic rings. The van der Waals surface area contributed by atoms with E-state index < -0.39 is 0 Å². The molecule has 46 heavy (non-hydrogen) atoms. The standard InChI is InChI=1S/C42H31BrN2.CH4/c1-28-21-41(30-13-5-3-6-14-30)44-26-39(28)37-19-11-9-17-35(37)32-23-33(25-34(43)24-32)36-18-10-12-20-38(36)40-27-45-42(22-29(40)2)31-15-7-4-8-16-31;/h3-27H,1-2H3;1H4. The first-order chi connectivity index (χ1) is 22.0. The van der Waals surface area contributed by atoms with Gasteiger partial charge in [0.25, 0.3) is 0 Å². The van der Waals surface area contributed by atoms with E-state index in [4.69, 9.17) is 9.97 Å². The van der Waals surface area contributed by atoms with Gasteiger partial charge in [0.05, 0.1) is 11.4 Å². The van der Waals surface area contributed by atoms with Gasteiger partial charge in [0.1, 0.15) is 0 Å². The first-order valence-electron chi connectivity index (χ1n) is 15.1. The molecule has 0 aliphatic heterocycles. The molecular formula is C43H35BrN2. The number of hydrogen-bond acceptors (Lipinski definition) is 2. The minimum Gasteiger partial charge on any atom is -0.256 e. The van der Waals surface area contributed by atoms with Crippen molar-refractivity contribution in [2.75, 3.05) is 0 Å². The van der Waals surface area contributed by atoms with Crippen molar-refractivity contribution in [3.63, 3.8) is 0 Å². The van der Waals surface area contributed by atoms with Gasteiger partial charge < -0.3 is 0 Å². The summed E-state index contributed by atoms with van der Waals surface area (Å²) in [6.45, 7) is 4.34. The molecule has 0 N–H and O–H groups in total. The van der Waals surface area contributed by atoms with E-state index in [-0.39, 0.29) is 7.43 Å². The lowest BCUT2D eigenvalue weighted by atomic mass is 9.89. The molecule has 2 aromatic heterocycles. The van der Waals surface area contributed by atoms with Crippen molar-refractivity contribution in [2.45, 2.75) is 21.3 Å². The Morgan fingerprint density at radius 1 is 0.391 bits per heavy atom. The zero-order valence-electron chi connectivity index (χ0n) is 25.2. The van der Waals surface area contributed by atoms with Crippen molar-refractivity contribution in [1.82, 2.24) is 9.97 Å². The molecule has 3 heteroatoms. The van der Waals surface area contributed by atoms with Crippen LogP contribution in [0.1, 0.15) is 18.6 Å². The summed E-state index contributed by atoms with van der Waals surface area (Å²) in [6.07, 6.45) is 4.03. The van der Waals surface area contributed by atoms with E-state index in [1.807, 2.05) is 24.5 Å². The minimum atomic E-state index is 0. The molecule has 5 aromatic carbocycles. The summed E-state index contributed by atoms with van der Waals surface area (Å²) in [7, 11) is 0. The van der Waals surface area contributed by atoms with Crippen molar-refractivity contribution < 1.29 is 0 Å². The predicted molar refractivity (Wildman–Crippen MR) is 199 cm³/mol. The van der Waals surface area contributed by atoms with Crippen LogP contribution in [0.5, 0.6) is 0 Å². The molecule has 7 rings (SSSR count). The van der Waals surface area contributed by atoms with E-state index >= 15 is 0 Å². The van der Waals surface area contributed by atoms with E-state index in [0.717, 1.165) is 60.4 Å². The maximum Gasteiger partial charge on any atom is 0.0705 e. The van der Waals surface area contributed by atoms with Gasteiger partial charge in [0.15, 0.2) is 0 Å². The molecule has 0 atom stereocenters. The topological polar surface area (TPSA) is 25.8 Å². The Hall–Kier alpha value is -5.12. The Morgan fingerprint density at radius 3 is 1.15 bits per heavy atom. The van der Waals surface area contributed by atoms with Crippen LogP contribution in [0.15, 0.2) is 156 Å². The molecule has 7 aromatic rings. The largest absolute Gasteiger partial charge is 0.256 e. The summed E-state index contributed by atoms with van der Waals surface area (Å²) in [4.78, 5) is 9.73. The van der Waals surface area contributed by atoms with E-state index in [9.17, 15) is 0 Å². The van der Waals surface area contributed by atoms with Gasteiger partial charge in [-0.3, -0.25) is 9.97 Å². The highest BCUT2D eigenvalue weighted by atomic mass is 79.9. The average molecular weight is 660 g/mol. The van der Waals surface area contributed by atoms with E-state index in [1.165, 1.54) is 22.3 Å². The second-order valence-corrected chi connectivity index (χ2v) is 12.2. The van der Waals surface area contributed by atoms with Gasteiger partial charge in [0.2, 0.25) is 0 Å². The zero-order valence-corrected chi connectivity index (χ0v) is 26.8. The highest BCUT2D eigenvalue weighted by molar-refractivity contribution is 9.10. The Morgan fingerprint density at radius 2 is 0.761 bits per heavy atom. The van der Waals surface area contributed by atoms with Crippen LogP contribution in [0.2, 0.25) is 0 Å². The third-order valence-electron chi connectivity index (χ3n) is 8.31. The summed E-state index contributed by atoms with van der Waals surface area (Å²) in [6, 6.07) is 49.0. The third kappa shape index (κ3) is 6.20. The van der Waals surface area contributed by atoms with Gasteiger partial charge in [-0.05, 0) is 88.7 Å². The molecule has 2 nitrogen and oxygen atoms in total. The Labute approximate surface area is 280 Å². The molecule has 224 valence electrons. The SMILES string of the molecule is C.Cc1cc(-c2ccccc2)ncc1-c1ccccc1-c1cc(Br)cc(-c2ccccc2-c2cnc(-c3ccccc3)cc2C)c1. The summed E-state index contributed by atoms with van der Waals surface area (Å²) in [5, 5.41) is 0. The number of rotatable bonds is 6. The number of nitrogens with zero attached hydrogens (tertiary/aromatic N) is 2. The molecule has 0 spiro atoms. The number of halogens is 1. The fraction of sp³-hybridized carbons (Fsp3) is 0.0698. The number of aryl methyl sites for hydroxylation is 2. The molecule has 0 saturated carbocycles. The Bertz CT molecular complexity index is 1980.